The van der Waals surface area contributed by atoms with Crippen molar-refractivity contribution in [2.24, 2.45) is 0 Å². The second-order valence-corrected chi connectivity index (χ2v) is 3.32. The van der Waals surface area contributed by atoms with Gasteiger partial charge >= 0.3 is 0 Å². The maximum Gasteiger partial charge on any atom is 0.0816 e. The van der Waals surface area contributed by atoms with Crippen molar-refractivity contribution in [3.05, 3.63) is 36.0 Å². The second kappa shape index (κ2) is 7.54. The summed E-state index contributed by atoms with van der Waals surface area (Å²) in [5.74, 6) is 0. The lowest BCUT2D eigenvalue weighted by Gasteiger charge is -2.14. The Labute approximate surface area is 86.6 Å². The summed E-state index contributed by atoms with van der Waals surface area (Å²) >= 11 is 0. The standard InChI is InChI=1S/C12H20O2/c1-5-6-11(3)12(14-4)8-7-10(2)9-13/h5-7,12-13H,1,8-9H2,2-4H3/b10-7+,11-6+/t12-/m1/s1. The van der Waals surface area contributed by atoms with Crippen LogP contribution in [0.1, 0.15) is 20.3 Å². The van der Waals surface area contributed by atoms with Gasteiger partial charge in [-0.1, -0.05) is 30.4 Å². The maximum atomic E-state index is 8.82. The van der Waals surface area contributed by atoms with Gasteiger partial charge in [0, 0.05) is 7.11 Å². The quantitative estimate of drug-likeness (QED) is 0.522. The molecule has 0 aliphatic rings. The molecule has 0 spiro atoms. The van der Waals surface area contributed by atoms with Crippen LogP contribution in [0.25, 0.3) is 0 Å². The molecule has 0 rings (SSSR count). The predicted molar refractivity (Wildman–Crippen MR) is 60.2 cm³/mol. The molecule has 0 aliphatic carbocycles. The fourth-order valence-electron chi connectivity index (χ4n) is 1.13. The Morgan fingerprint density at radius 3 is 2.57 bits per heavy atom. The van der Waals surface area contributed by atoms with Gasteiger partial charge in [-0.25, -0.2) is 0 Å². The minimum atomic E-state index is 0.0782. The van der Waals surface area contributed by atoms with E-state index in [9.17, 15) is 0 Å². The zero-order valence-corrected chi connectivity index (χ0v) is 9.29. The van der Waals surface area contributed by atoms with E-state index >= 15 is 0 Å². The molecule has 2 heteroatoms. The van der Waals surface area contributed by atoms with Crippen LogP contribution in [0.4, 0.5) is 0 Å². The van der Waals surface area contributed by atoms with Crippen molar-refractivity contribution in [3.8, 4) is 0 Å². The van der Waals surface area contributed by atoms with Crippen LogP contribution in [0.2, 0.25) is 0 Å². The summed E-state index contributed by atoms with van der Waals surface area (Å²) in [6, 6.07) is 0. The number of rotatable bonds is 6. The molecular formula is C12H20O2. The third-order valence-electron chi connectivity index (χ3n) is 2.10. The average molecular weight is 196 g/mol. The van der Waals surface area contributed by atoms with E-state index in [1.165, 1.54) is 0 Å². The molecule has 2 nitrogen and oxygen atoms in total. The Balaban J connectivity index is 4.29. The number of aliphatic hydroxyl groups excluding tert-OH is 1. The normalized spacial score (nSPS) is 15.4. The summed E-state index contributed by atoms with van der Waals surface area (Å²) in [6.07, 6.45) is 6.56. The topological polar surface area (TPSA) is 29.5 Å². The van der Waals surface area contributed by atoms with Gasteiger partial charge in [-0.05, 0) is 25.8 Å². The Bertz CT molecular complexity index is 226. The number of allylic oxidation sites excluding steroid dienone is 2. The minimum absolute atomic E-state index is 0.0782. The molecule has 0 aliphatic heterocycles. The molecule has 1 atom stereocenters. The van der Waals surface area contributed by atoms with E-state index in [0.29, 0.717) is 0 Å². The van der Waals surface area contributed by atoms with Crippen LogP contribution in [-0.4, -0.2) is 24.9 Å². The zero-order valence-electron chi connectivity index (χ0n) is 9.29. The lowest BCUT2D eigenvalue weighted by Crippen LogP contribution is -2.11. The maximum absolute atomic E-state index is 8.82. The van der Waals surface area contributed by atoms with Gasteiger partial charge in [-0.3, -0.25) is 0 Å². The van der Waals surface area contributed by atoms with Crippen molar-refractivity contribution in [1.29, 1.82) is 0 Å². The molecule has 14 heavy (non-hydrogen) atoms. The van der Waals surface area contributed by atoms with Crippen LogP contribution in [0.3, 0.4) is 0 Å². The molecule has 0 unspecified atom stereocenters. The summed E-state index contributed by atoms with van der Waals surface area (Å²) < 4.78 is 5.32. The molecule has 0 aromatic carbocycles. The second-order valence-electron chi connectivity index (χ2n) is 3.32. The Kier molecular flexibility index (Phi) is 7.07. The van der Waals surface area contributed by atoms with Gasteiger partial charge in [0.1, 0.15) is 0 Å². The van der Waals surface area contributed by atoms with Crippen molar-refractivity contribution in [1.82, 2.24) is 0 Å². The van der Waals surface area contributed by atoms with E-state index < -0.39 is 0 Å². The number of aliphatic hydroxyl groups is 1. The summed E-state index contributed by atoms with van der Waals surface area (Å²) in [6.45, 7) is 7.67. The molecule has 0 radical (unpaired) electrons. The highest BCUT2D eigenvalue weighted by Gasteiger charge is 2.06. The van der Waals surface area contributed by atoms with E-state index in [0.717, 1.165) is 17.6 Å². The Morgan fingerprint density at radius 1 is 1.50 bits per heavy atom. The fraction of sp³-hybridized carbons (Fsp3) is 0.500. The first-order valence-corrected chi connectivity index (χ1v) is 4.74. The first kappa shape index (κ1) is 13.1. The van der Waals surface area contributed by atoms with Gasteiger partial charge in [0.15, 0.2) is 0 Å². The number of methoxy groups -OCH3 is 1. The van der Waals surface area contributed by atoms with Gasteiger partial charge in [-0.2, -0.15) is 0 Å². The average Bonchev–Trinajstić information content (AvgIpc) is 2.18. The van der Waals surface area contributed by atoms with E-state index in [2.05, 4.69) is 6.58 Å². The smallest absolute Gasteiger partial charge is 0.0816 e. The molecular weight excluding hydrogens is 176 g/mol. The van der Waals surface area contributed by atoms with Crippen LogP contribution in [-0.2, 0) is 4.74 Å². The van der Waals surface area contributed by atoms with Crippen LogP contribution in [0.5, 0.6) is 0 Å². The zero-order chi connectivity index (χ0) is 11.0. The van der Waals surface area contributed by atoms with E-state index in [1.54, 1.807) is 13.2 Å². The largest absolute Gasteiger partial charge is 0.392 e. The lowest BCUT2D eigenvalue weighted by molar-refractivity contribution is 0.134. The third kappa shape index (κ3) is 5.00. The van der Waals surface area contributed by atoms with E-state index in [1.807, 2.05) is 26.0 Å². The first-order valence-electron chi connectivity index (χ1n) is 4.74. The molecule has 0 heterocycles. The van der Waals surface area contributed by atoms with Gasteiger partial charge in [0.05, 0.1) is 12.7 Å². The molecule has 0 fully saturated rings. The Hall–Kier alpha value is -0.860. The molecule has 0 bridgehead atoms. The van der Waals surface area contributed by atoms with Crippen molar-refractivity contribution in [2.45, 2.75) is 26.4 Å². The summed E-state index contributed by atoms with van der Waals surface area (Å²) in [4.78, 5) is 0. The van der Waals surface area contributed by atoms with Crippen molar-refractivity contribution in [3.63, 3.8) is 0 Å². The molecule has 1 N–H and O–H groups in total. The van der Waals surface area contributed by atoms with Gasteiger partial charge < -0.3 is 9.84 Å². The summed E-state index contributed by atoms with van der Waals surface area (Å²) in [7, 11) is 1.69. The molecule has 80 valence electrons. The predicted octanol–water partition coefficient (Wildman–Crippen LogP) is 2.46. The summed E-state index contributed by atoms with van der Waals surface area (Å²) in [5, 5.41) is 8.82. The van der Waals surface area contributed by atoms with Crippen molar-refractivity contribution < 1.29 is 9.84 Å². The summed E-state index contributed by atoms with van der Waals surface area (Å²) in [5.41, 5.74) is 2.11. The third-order valence-corrected chi connectivity index (χ3v) is 2.10. The highest BCUT2D eigenvalue weighted by molar-refractivity contribution is 5.14. The molecule has 0 aromatic heterocycles. The van der Waals surface area contributed by atoms with Crippen LogP contribution < -0.4 is 0 Å². The molecule has 0 saturated carbocycles. The van der Waals surface area contributed by atoms with E-state index in [4.69, 9.17) is 9.84 Å². The van der Waals surface area contributed by atoms with Gasteiger partial charge in [0.2, 0.25) is 0 Å². The minimum Gasteiger partial charge on any atom is -0.392 e. The number of ether oxygens (including phenoxy) is 1. The van der Waals surface area contributed by atoms with Crippen molar-refractivity contribution >= 4 is 0 Å². The monoisotopic (exact) mass is 196 g/mol. The molecule has 0 aromatic rings. The van der Waals surface area contributed by atoms with Crippen molar-refractivity contribution in [2.75, 3.05) is 13.7 Å². The van der Waals surface area contributed by atoms with Gasteiger partial charge in [-0.15, -0.1) is 0 Å². The van der Waals surface area contributed by atoms with Crippen LogP contribution in [0, 0.1) is 0 Å². The lowest BCUT2D eigenvalue weighted by atomic mass is 10.1. The number of hydrogen-bond donors (Lipinski definition) is 1. The molecule has 0 saturated heterocycles. The van der Waals surface area contributed by atoms with Crippen LogP contribution in [0.15, 0.2) is 36.0 Å². The SMILES string of the molecule is C=C/C=C(\C)[C@@H](C/C=C(\C)CO)OC. The number of hydrogen-bond acceptors (Lipinski definition) is 2. The fourth-order valence-corrected chi connectivity index (χ4v) is 1.13. The molecule has 0 amide bonds. The van der Waals surface area contributed by atoms with E-state index in [-0.39, 0.29) is 12.7 Å². The van der Waals surface area contributed by atoms with Crippen LogP contribution >= 0.6 is 0 Å². The first-order chi connectivity index (χ1) is 6.65. The highest BCUT2D eigenvalue weighted by Crippen LogP contribution is 2.11. The Morgan fingerprint density at radius 2 is 2.14 bits per heavy atom. The van der Waals surface area contributed by atoms with Gasteiger partial charge in [0.25, 0.3) is 0 Å². The highest BCUT2D eigenvalue weighted by atomic mass is 16.5.